The van der Waals surface area contributed by atoms with E-state index in [9.17, 15) is 9.18 Å². The number of ether oxygens (including phenoxy) is 1. The van der Waals surface area contributed by atoms with Crippen LogP contribution in [0.15, 0.2) is 18.2 Å². The summed E-state index contributed by atoms with van der Waals surface area (Å²) in [6, 6.07) is 4.45. The smallest absolute Gasteiger partial charge is 0.407 e. The van der Waals surface area contributed by atoms with Gasteiger partial charge in [-0.3, -0.25) is 0 Å². The number of halogens is 2. The lowest BCUT2D eigenvalue weighted by Gasteiger charge is -2.09. The summed E-state index contributed by atoms with van der Waals surface area (Å²) in [7, 11) is 0. The Morgan fingerprint density at radius 1 is 1.53 bits per heavy atom. The minimum absolute atomic E-state index is 0. The first-order chi connectivity index (χ1) is 6.66. The fourth-order valence-corrected chi connectivity index (χ4v) is 1.48. The maximum absolute atomic E-state index is 13.3. The van der Waals surface area contributed by atoms with E-state index in [4.69, 9.17) is 4.74 Å². The zero-order valence-electron chi connectivity index (χ0n) is 8.12. The molecule has 3 nitrogen and oxygen atoms in total. The standard InChI is InChI=1S/C10H10FNO2.ClH/c1-6-2-3-8(11)7(4-6)9-5-14-10(13)12-9;/h2-4,9H,5H2,1H3,(H,12,13);1H/t9-;/m1./s1. The number of benzene rings is 1. The van der Waals surface area contributed by atoms with E-state index in [1.807, 2.05) is 6.92 Å². The lowest BCUT2D eigenvalue weighted by Crippen LogP contribution is -2.19. The number of cyclic esters (lactones) is 1. The Bertz CT molecular complexity index is 384. The quantitative estimate of drug-likeness (QED) is 0.806. The molecular weight excluding hydrogens is 221 g/mol. The third-order valence-corrected chi connectivity index (χ3v) is 2.20. The Kier molecular flexibility index (Phi) is 3.52. The topological polar surface area (TPSA) is 38.3 Å². The van der Waals surface area contributed by atoms with E-state index < -0.39 is 6.09 Å². The molecule has 0 unspecified atom stereocenters. The van der Waals surface area contributed by atoms with Gasteiger partial charge in [0.25, 0.3) is 0 Å². The van der Waals surface area contributed by atoms with Crippen LogP contribution in [0.2, 0.25) is 0 Å². The predicted octanol–water partition coefficient (Wildman–Crippen LogP) is 2.34. The number of hydrogen-bond acceptors (Lipinski definition) is 2. The average Bonchev–Trinajstić information content (AvgIpc) is 2.56. The van der Waals surface area contributed by atoms with E-state index in [2.05, 4.69) is 5.32 Å². The number of alkyl carbamates (subject to hydrolysis) is 1. The van der Waals surface area contributed by atoms with E-state index in [0.717, 1.165) is 5.56 Å². The molecule has 1 saturated heterocycles. The molecule has 1 aromatic carbocycles. The van der Waals surface area contributed by atoms with Gasteiger partial charge in [-0.15, -0.1) is 12.4 Å². The average molecular weight is 232 g/mol. The number of amides is 1. The Hall–Kier alpha value is -1.29. The van der Waals surface area contributed by atoms with Crippen molar-refractivity contribution >= 4 is 18.5 Å². The van der Waals surface area contributed by atoms with Gasteiger partial charge in [-0.1, -0.05) is 17.7 Å². The van der Waals surface area contributed by atoms with Crippen LogP contribution in [0.25, 0.3) is 0 Å². The highest BCUT2D eigenvalue weighted by molar-refractivity contribution is 5.85. The van der Waals surface area contributed by atoms with Crippen LogP contribution in [0.5, 0.6) is 0 Å². The normalized spacial score (nSPS) is 19.1. The number of carbonyl (C=O) groups is 1. The van der Waals surface area contributed by atoms with Crippen molar-refractivity contribution in [2.45, 2.75) is 13.0 Å². The monoisotopic (exact) mass is 231 g/mol. The van der Waals surface area contributed by atoms with Crippen molar-refractivity contribution in [3.63, 3.8) is 0 Å². The van der Waals surface area contributed by atoms with E-state index in [1.54, 1.807) is 12.1 Å². The fourth-order valence-electron chi connectivity index (χ4n) is 1.48. The van der Waals surface area contributed by atoms with Crippen molar-refractivity contribution in [2.24, 2.45) is 0 Å². The zero-order chi connectivity index (χ0) is 10.1. The molecule has 0 spiro atoms. The molecule has 2 rings (SSSR count). The van der Waals surface area contributed by atoms with Gasteiger partial charge in [0.15, 0.2) is 0 Å². The zero-order valence-corrected chi connectivity index (χ0v) is 8.94. The SMILES string of the molecule is Cc1ccc(F)c([C@H]2COC(=O)N2)c1.Cl. The molecule has 1 aromatic rings. The van der Waals surface area contributed by atoms with E-state index in [1.165, 1.54) is 6.07 Å². The molecule has 82 valence electrons. The molecule has 1 N–H and O–H groups in total. The first-order valence-corrected chi connectivity index (χ1v) is 4.36. The number of aryl methyl sites for hydroxylation is 1. The van der Waals surface area contributed by atoms with Crippen LogP contribution in [-0.2, 0) is 4.74 Å². The molecule has 1 aliphatic heterocycles. The summed E-state index contributed by atoms with van der Waals surface area (Å²) in [6.07, 6.45) is -0.490. The highest BCUT2D eigenvalue weighted by Gasteiger charge is 2.25. The van der Waals surface area contributed by atoms with Crippen molar-refractivity contribution in [1.82, 2.24) is 5.32 Å². The lowest BCUT2D eigenvalue weighted by molar-refractivity contribution is 0.177. The molecular formula is C10H11ClFNO2. The maximum Gasteiger partial charge on any atom is 0.407 e. The summed E-state index contributed by atoms with van der Waals surface area (Å²) in [6.45, 7) is 2.07. The number of nitrogens with one attached hydrogen (secondary N) is 1. The van der Waals surface area contributed by atoms with Crippen LogP contribution in [0.3, 0.4) is 0 Å². The van der Waals surface area contributed by atoms with Crippen LogP contribution in [0.4, 0.5) is 9.18 Å². The maximum atomic E-state index is 13.3. The van der Waals surface area contributed by atoms with Gasteiger partial charge in [0.1, 0.15) is 12.4 Å². The van der Waals surface area contributed by atoms with E-state index in [0.29, 0.717) is 5.56 Å². The highest BCUT2D eigenvalue weighted by atomic mass is 35.5. The molecule has 0 aliphatic carbocycles. The number of carbonyl (C=O) groups excluding carboxylic acids is 1. The van der Waals surface area contributed by atoms with Gasteiger partial charge >= 0.3 is 6.09 Å². The largest absolute Gasteiger partial charge is 0.447 e. The van der Waals surface area contributed by atoms with Crippen LogP contribution < -0.4 is 5.32 Å². The number of hydrogen-bond donors (Lipinski definition) is 1. The van der Waals surface area contributed by atoms with Gasteiger partial charge in [0.2, 0.25) is 0 Å². The van der Waals surface area contributed by atoms with E-state index >= 15 is 0 Å². The second-order valence-corrected chi connectivity index (χ2v) is 3.32. The van der Waals surface area contributed by atoms with E-state index in [-0.39, 0.29) is 30.9 Å². The summed E-state index contributed by atoms with van der Waals surface area (Å²) in [4.78, 5) is 10.8. The van der Waals surface area contributed by atoms with Crippen LogP contribution in [0.1, 0.15) is 17.2 Å². The third-order valence-electron chi connectivity index (χ3n) is 2.20. The fraction of sp³-hybridized carbons (Fsp3) is 0.300. The molecule has 0 bridgehead atoms. The summed E-state index contributed by atoms with van der Waals surface area (Å²) in [5, 5.41) is 2.54. The highest BCUT2D eigenvalue weighted by Crippen LogP contribution is 2.21. The summed E-state index contributed by atoms with van der Waals surface area (Å²) in [5.74, 6) is -0.314. The number of rotatable bonds is 1. The molecule has 0 radical (unpaired) electrons. The van der Waals surface area contributed by atoms with Crippen molar-refractivity contribution < 1.29 is 13.9 Å². The Morgan fingerprint density at radius 3 is 2.87 bits per heavy atom. The molecule has 1 aliphatic rings. The Labute approximate surface area is 93.0 Å². The Morgan fingerprint density at radius 2 is 2.27 bits per heavy atom. The first kappa shape index (κ1) is 11.8. The minimum atomic E-state index is -0.490. The molecule has 0 saturated carbocycles. The van der Waals surface area contributed by atoms with Crippen molar-refractivity contribution in [3.8, 4) is 0 Å². The molecule has 1 heterocycles. The van der Waals surface area contributed by atoms with Gasteiger partial charge in [-0.2, -0.15) is 0 Å². The van der Waals surface area contributed by atoms with Gasteiger partial charge in [-0.25, -0.2) is 9.18 Å². The molecule has 1 fully saturated rings. The second-order valence-electron chi connectivity index (χ2n) is 3.32. The third kappa shape index (κ3) is 2.39. The molecule has 5 heteroatoms. The second kappa shape index (κ2) is 4.49. The first-order valence-electron chi connectivity index (χ1n) is 4.36. The molecule has 0 aromatic heterocycles. The summed E-state index contributed by atoms with van der Waals surface area (Å²) < 4.78 is 18.0. The summed E-state index contributed by atoms with van der Waals surface area (Å²) >= 11 is 0. The molecule has 1 amide bonds. The Balaban J connectivity index is 0.00000112. The molecule has 15 heavy (non-hydrogen) atoms. The van der Waals surface area contributed by atoms with Crippen molar-refractivity contribution in [1.29, 1.82) is 0 Å². The van der Waals surface area contributed by atoms with Gasteiger partial charge < -0.3 is 10.1 Å². The predicted molar refractivity (Wildman–Crippen MR) is 55.6 cm³/mol. The van der Waals surface area contributed by atoms with Gasteiger partial charge in [0.05, 0.1) is 6.04 Å². The minimum Gasteiger partial charge on any atom is -0.447 e. The van der Waals surface area contributed by atoms with Gasteiger partial charge in [0, 0.05) is 5.56 Å². The van der Waals surface area contributed by atoms with Crippen molar-refractivity contribution in [3.05, 3.63) is 35.1 Å². The van der Waals surface area contributed by atoms with Crippen LogP contribution in [-0.4, -0.2) is 12.7 Å². The van der Waals surface area contributed by atoms with Crippen LogP contribution in [0, 0.1) is 12.7 Å². The van der Waals surface area contributed by atoms with Gasteiger partial charge in [-0.05, 0) is 13.0 Å². The lowest BCUT2D eigenvalue weighted by atomic mass is 10.0. The summed E-state index contributed by atoms with van der Waals surface area (Å²) in [5.41, 5.74) is 1.44. The molecule has 1 atom stereocenters. The van der Waals surface area contributed by atoms with Crippen LogP contribution >= 0.6 is 12.4 Å². The van der Waals surface area contributed by atoms with Crippen molar-refractivity contribution in [2.75, 3.05) is 6.61 Å².